The van der Waals surface area contributed by atoms with Gasteiger partial charge in [0.15, 0.2) is 0 Å². The molecule has 1 saturated heterocycles. The molecule has 7 nitrogen and oxygen atoms in total. The standard InChI is InChI=1S/C34H62N2O5S/c1-23(2)31(41-42(38,39)40)12-9-24(3)27-10-11-28-32-29(14-16-34(27,28)5)33(4)15-13-26(21-25(33)22-30(32)37)35-17-8-20-36-18-6-7-19-36/h23-32,35,37H,6-22H2,1-5H3,(H,38,39,40)/t24-,25+,26+,27-,28?,29?,30?,31-,32?,33+,34-/m1/s1. The smallest absolute Gasteiger partial charge is 0.393 e. The van der Waals surface area contributed by atoms with Crippen LogP contribution in [0.25, 0.3) is 0 Å². The third-order valence-electron chi connectivity index (χ3n) is 13.6. The second-order valence-electron chi connectivity index (χ2n) is 16.2. The van der Waals surface area contributed by atoms with E-state index in [1.807, 2.05) is 13.8 Å². The van der Waals surface area contributed by atoms with E-state index in [4.69, 9.17) is 4.18 Å². The summed E-state index contributed by atoms with van der Waals surface area (Å²) in [6, 6.07) is 0.607. The molecule has 8 heteroatoms. The summed E-state index contributed by atoms with van der Waals surface area (Å²) in [4.78, 5) is 2.61. The quantitative estimate of drug-likeness (QED) is 0.176. The first-order chi connectivity index (χ1) is 19.8. The van der Waals surface area contributed by atoms with Crippen LogP contribution in [0.4, 0.5) is 0 Å². The first-order valence-electron chi connectivity index (χ1n) is 17.6. The highest BCUT2D eigenvalue weighted by molar-refractivity contribution is 7.80. The number of hydrogen-bond acceptors (Lipinski definition) is 6. The van der Waals surface area contributed by atoms with E-state index in [1.165, 1.54) is 83.8 Å². The fourth-order valence-corrected chi connectivity index (χ4v) is 11.9. The molecule has 0 aromatic carbocycles. The monoisotopic (exact) mass is 610 g/mol. The molecule has 5 aliphatic rings. The summed E-state index contributed by atoms with van der Waals surface area (Å²) in [5.74, 6) is 3.30. The van der Waals surface area contributed by atoms with Crippen molar-refractivity contribution >= 4 is 10.4 Å². The van der Waals surface area contributed by atoms with Crippen LogP contribution in [-0.2, 0) is 14.6 Å². The minimum absolute atomic E-state index is 0.0211. The van der Waals surface area contributed by atoms with E-state index in [-0.39, 0.29) is 17.4 Å². The van der Waals surface area contributed by atoms with Crippen LogP contribution in [0.5, 0.6) is 0 Å². The Morgan fingerprint density at radius 1 is 0.952 bits per heavy atom. The Labute approximate surface area is 257 Å². The van der Waals surface area contributed by atoms with Crippen molar-refractivity contribution in [2.75, 3.05) is 26.2 Å². The van der Waals surface area contributed by atoms with Crippen LogP contribution in [0.3, 0.4) is 0 Å². The van der Waals surface area contributed by atoms with Crippen molar-refractivity contribution in [3.63, 3.8) is 0 Å². The number of hydrogen-bond donors (Lipinski definition) is 3. The van der Waals surface area contributed by atoms with Crippen LogP contribution in [0.2, 0.25) is 0 Å². The van der Waals surface area contributed by atoms with E-state index >= 15 is 0 Å². The Morgan fingerprint density at radius 3 is 2.33 bits per heavy atom. The molecule has 1 aliphatic heterocycles. The lowest BCUT2D eigenvalue weighted by atomic mass is 9.43. The van der Waals surface area contributed by atoms with Gasteiger partial charge in [-0.25, -0.2) is 4.18 Å². The van der Waals surface area contributed by atoms with Crippen LogP contribution in [0.15, 0.2) is 0 Å². The molecular weight excluding hydrogens is 548 g/mol. The topological polar surface area (TPSA) is 99.1 Å². The van der Waals surface area contributed by atoms with Crippen molar-refractivity contribution in [2.45, 2.75) is 136 Å². The molecule has 5 rings (SSSR count). The highest BCUT2D eigenvalue weighted by atomic mass is 32.3. The maximum Gasteiger partial charge on any atom is 0.397 e. The first-order valence-corrected chi connectivity index (χ1v) is 19.0. The molecule has 0 radical (unpaired) electrons. The summed E-state index contributed by atoms with van der Waals surface area (Å²) in [7, 11) is -4.45. The van der Waals surface area contributed by atoms with Gasteiger partial charge in [-0.05, 0) is 162 Å². The zero-order valence-electron chi connectivity index (χ0n) is 27.3. The summed E-state index contributed by atoms with van der Waals surface area (Å²) in [5, 5.41) is 15.7. The molecule has 0 spiro atoms. The Bertz CT molecular complexity index is 1000. The summed E-state index contributed by atoms with van der Waals surface area (Å²) in [6.45, 7) is 16.3. The molecule has 0 aromatic rings. The fourth-order valence-electron chi connectivity index (χ4n) is 11.3. The molecule has 3 N–H and O–H groups in total. The van der Waals surface area contributed by atoms with Crippen molar-refractivity contribution in [3.8, 4) is 0 Å². The molecule has 4 unspecified atom stereocenters. The number of nitrogens with one attached hydrogen (secondary N) is 1. The molecular formula is C34H62N2O5S. The average molecular weight is 611 g/mol. The minimum Gasteiger partial charge on any atom is -0.393 e. The number of fused-ring (bicyclic) bond motifs is 5. The molecule has 4 saturated carbocycles. The van der Waals surface area contributed by atoms with Gasteiger partial charge >= 0.3 is 10.4 Å². The van der Waals surface area contributed by atoms with Crippen molar-refractivity contribution in [1.82, 2.24) is 10.2 Å². The number of likely N-dealkylation sites (tertiary alicyclic amines) is 1. The van der Waals surface area contributed by atoms with Crippen LogP contribution >= 0.6 is 0 Å². The summed E-state index contributed by atoms with van der Waals surface area (Å²) in [5.41, 5.74) is 0.580. The Balaban J connectivity index is 1.18. The van der Waals surface area contributed by atoms with E-state index in [0.717, 1.165) is 19.4 Å². The van der Waals surface area contributed by atoms with Gasteiger partial charge in [0.25, 0.3) is 0 Å². The average Bonchev–Trinajstić information content (AvgIpc) is 3.56. The molecule has 244 valence electrons. The van der Waals surface area contributed by atoms with Gasteiger partial charge in [-0.2, -0.15) is 8.42 Å². The Morgan fingerprint density at radius 2 is 1.64 bits per heavy atom. The lowest BCUT2D eigenvalue weighted by Crippen LogP contribution is -2.59. The number of aliphatic hydroxyl groups excluding tert-OH is 1. The van der Waals surface area contributed by atoms with Gasteiger partial charge in [-0.3, -0.25) is 4.55 Å². The van der Waals surface area contributed by atoms with Crippen LogP contribution < -0.4 is 5.32 Å². The molecule has 1 heterocycles. The minimum atomic E-state index is -4.45. The van der Waals surface area contributed by atoms with Gasteiger partial charge in [0, 0.05) is 6.04 Å². The Hall–Kier alpha value is -0.250. The zero-order valence-corrected chi connectivity index (χ0v) is 28.1. The van der Waals surface area contributed by atoms with Gasteiger partial charge < -0.3 is 15.3 Å². The molecule has 5 fully saturated rings. The fraction of sp³-hybridized carbons (Fsp3) is 1.00. The molecule has 0 amide bonds. The van der Waals surface area contributed by atoms with Crippen LogP contribution in [0.1, 0.15) is 118 Å². The van der Waals surface area contributed by atoms with E-state index in [9.17, 15) is 18.1 Å². The second kappa shape index (κ2) is 13.2. The second-order valence-corrected chi connectivity index (χ2v) is 17.3. The highest BCUT2D eigenvalue weighted by Crippen LogP contribution is 2.68. The van der Waals surface area contributed by atoms with Crippen LogP contribution in [0, 0.1) is 52.3 Å². The highest BCUT2D eigenvalue weighted by Gasteiger charge is 2.62. The van der Waals surface area contributed by atoms with Gasteiger partial charge in [0.05, 0.1) is 12.2 Å². The van der Waals surface area contributed by atoms with Crippen LogP contribution in [-0.4, -0.2) is 67.4 Å². The molecule has 42 heavy (non-hydrogen) atoms. The maximum absolute atomic E-state index is 11.8. The molecule has 0 bridgehead atoms. The Kier molecular flexibility index (Phi) is 10.4. The van der Waals surface area contributed by atoms with Crippen molar-refractivity contribution in [2.24, 2.45) is 52.3 Å². The SMILES string of the molecule is CC(C)[C@@H](CC[C@@H](C)[C@H]1CCC2C3C(O)C[C@@H]4C[C@@H](NCCCN5CCCC5)CC[C@]4(C)C3CC[C@@]21C)OS(=O)(=O)O. The summed E-state index contributed by atoms with van der Waals surface area (Å²) in [6.07, 6.45) is 14.5. The lowest BCUT2D eigenvalue weighted by Gasteiger charge is -2.62. The van der Waals surface area contributed by atoms with Crippen molar-refractivity contribution in [1.29, 1.82) is 0 Å². The first kappa shape index (κ1) is 33.1. The molecule has 11 atom stereocenters. The van der Waals surface area contributed by atoms with E-state index in [1.54, 1.807) is 0 Å². The number of nitrogens with zero attached hydrogens (tertiary/aromatic N) is 1. The normalized spacial score (nSPS) is 42.2. The lowest BCUT2D eigenvalue weighted by molar-refractivity contribution is -0.167. The van der Waals surface area contributed by atoms with Gasteiger partial charge in [0.2, 0.25) is 0 Å². The molecule has 0 aromatic heterocycles. The van der Waals surface area contributed by atoms with Crippen molar-refractivity contribution < 1.29 is 22.3 Å². The predicted molar refractivity (Wildman–Crippen MR) is 168 cm³/mol. The van der Waals surface area contributed by atoms with Gasteiger partial charge in [0.1, 0.15) is 0 Å². The number of aliphatic hydroxyl groups is 1. The third-order valence-corrected chi connectivity index (χ3v) is 14.1. The predicted octanol–water partition coefficient (Wildman–Crippen LogP) is 6.32. The van der Waals surface area contributed by atoms with E-state index in [2.05, 4.69) is 31.0 Å². The third kappa shape index (κ3) is 6.94. The maximum atomic E-state index is 11.8. The van der Waals surface area contributed by atoms with E-state index < -0.39 is 16.5 Å². The van der Waals surface area contributed by atoms with Crippen molar-refractivity contribution in [3.05, 3.63) is 0 Å². The molecule has 4 aliphatic carbocycles. The van der Waals surface area contributed by atoms with Gasteiger partial charge in [-0.1, -0.05) is 34.6 Å². The van der Waals surface area contributed by atoms with Gasteiger partial charge in [-0.15, -0.1) is 0 Å². The largest absolute Gasteiger partial charge is 0.397 e. The van der Waals surface area contributed by atoms with E-state index in [0.29, 0.717) is 53.4 Å². The summed E-state index contributed by atoms with van der Waals surface area (Å²) >= 11 is 0. The number of rotatable bonds is 12. The zero-order chi connectivity index (χ0) is 30.3. The summed E-state index contributed by atoms with van der Waals surface area (Å²) < 4.78 is 37.1.